The number of aromatic nitrogens is 2. The minimum absolute atomic E-state index is 0.00233. The highest BCUT2D eigenvalue weighted by molar-refractivity contribution is 7.91. The van der Waals surface area contributed by atoms with Crippen LogP contribution in [0.5, 0.6) is 0 Å². The second kappa shape index (κ2) is 9.35. The fourth-order valence-corrected chi connectivity index (χ4v) is 6.15. The molecule has 0 radical (unpaired) electrons. The number of ether oxygens (including phenoxy) is 1. The maximum Gasteiger partial charge on any atom is 0.324 e. The number of amides is 1. The first kappa shape index (κ1) is 25.6. The van der Waals surface area contributed by atoms with Gasteiger partial charge in [0.05, 0.1) is 53.2 Å². The molecule has 13 heteroatoms. The van der Waals surface area contributed by atoms with E-state index in [-0.39, 0.29) is 34.5 Å². The SMILES string of the molecule is CC1(C)CN(c2nc(-c3cc4c(cc3F)S(=O)(=O)C[C@H](N)C(=O)N4Cc3ccc(Cl)cc3)no2)CCO1. The zero-order chi connectivity index (χ0) is 26.5. The number of rotatable bonds is 4. The lowest BCUT2D eigenvalue weighted by Crippen LogP contribution is -2.48. The van der Waals surface area contributed by atoms with Gasteiger partial charge >= 0.3 is 6.01 Å². The van der Waals surface area contributed by atoms with E-state index in [0.29, 0.717) is 30.3 Å². The third kappa shape index (κ3) is 5.06. The number of halogens is 2. The summed E-state index contributed by atoms with van der Waals surface area (Å²) in [6.45, 7) is 5.31. The molecular formula is C24H25ClFN5O5S. The highest BCUT2D eigenvalue weighted by atomic mass is 35.5. The number of fused-ring (bicyclic) bond motifs is 1. The average Bonchev–Trinajstić information content (AvgIpc) is 3.30. The van der Waals surface area contributed by atoms with Crippen LogP contribution in [0.15, 0.2) is 45.8 Å². The number of nitrogens with zero attached hydrogens (tertiary/aromatic N) is 4. The molecule has 1 aromatic heterocycles. The molecule has 196 valence electrons. The Morgan fingerprint density at radius 1 is 1.24 bits per heavy atom. The lowest BCUT2D eigenvalue weighted by molar-refractivity contribution is -0.119. The fourth-order valence-electron chi connectivity index (χ4n) is 4.46. The third-order valence-electron chi connectivity index (χ3n) is 6.26. The van der Waals surface area contributed by atoms with Gasteiger partial charge in [0.25, 0.3) is 0 Å². The van der Waals surface area contributed by atoms with Crippen molar-refractivity contribution in [1.29, 1.82) is 0 Å². The molecule has 0 unspecified atom stereocenters. The zero-order valence-corrected chi connectivity index (χ0v) is 21.7. The number of hydrogen-bond donors (Lipinski definition) is 1. The van der Waals surface area contributed by atoms with Crippen molar-refractivity contribution >= 4 is 39.0 Å². The average molecular weight is 550 g/mol. The minimum atomic E-state index is -4.07. The molecule has 37 heavy (non-hydrogen) atoms. The molecule has 0 saturated carbocycles. The summed E-state index contributed by atoms with van der Waals surface area (Å²) in [5.74, 6) is -2.21. The molecule has 3 aromatic rings. The summed E-state index contributed by atoms with van der Waals surface area (Å²) in [5, 5.41) is 4.44. The predicted octanol–water partition coefficient (Wildman–Crippen LogP) is 2.79. The fraction of sp³-hybridized carbons (Fsp3) is 0.375. The van der Waals surface area contributed by atoms with Crippen molar-refractivity contribution in [2.45, 2.75) is 36.9 Å². The quantitative estimate of drug-likeness (QED) is 0.521. The second-order valence-electron chi connectivity index (χ2n) is 9.67. The predicted molar refractivity (Wildman–Crippen MR) is 135 cm³/mol. The Morgan fingerprint density at radius 3 is 2.68 bits per heavy atom. The number of anilines is 2. The Bertz CT molecular complexity index is 1460. The molecule has 2 aliphatic rings. The number of nitrogens with two attached hydrogens (primary N) is 1. The molecule has 1 fully saturated rings. The van der Waals surface area contributed by atoms with E-state index >= 15 is 4.39 Å². The summed E-state index contributed by atoms with van der Waals surface area (Å²) < 4.78 is 52.5. The molecular weight excluding hydrogens is 525 g/mol. The molecule has 1 amide bonds. The number of carbonyl (C=O) groups is 1. The lowest BCUT2D eigenvalue weighted by Gasteiger charge is -2.36. The van der Waals surface area contributed by atoms with Crippen LogP contribution in [0, 0.1) is 5.82 Å². The smallest absolute Gasteiger partial charge is 0.324 e. The zero-order valence-electron chi connectivity index (χ0n) is 20.1. The van der Waals surface area contributed by atoms with Gasteiger partial charge in [-0.05, 0) is 43.7 Å². The van der Waals surface area contributed by atoms with E-state index < -0.39 is 39.0 Å². The number of benzene rings is 2. The van der Waals surface area contributed by atoms with Crippen molar-refractivity contribution in [3.63, 3.8) is 0 Å². The highest BCUT2D eigenvalue weighted by Crippen LogP contribution is 2.37. The topological polar surface area (TPSA) is 132 Å². The van der Waals surface area contributed by atoms with Crippen LogP contribution in [0.2, 0.25) is 5.02 Å². The second-order valence-corrected chi connectivity index (χ2v) is 12.1. The van der Waals surface area contributed by atoms with Gasteiger partial charge in [0.2, 0.25) is 11.7 Å². The van der Waals surface area contributed by atoms with Gasteiger partial charge in [-0.25, -0.2) is 12.8 Å². The first-order valence-corrected chi connectivity index (χ1v) is 13.6. The number of hydrogen-bond acceptors (Lipinski definition) is 9. The van der Waals surface area contributed by atoms with Gasteiger partial charge in [-0.2, -0.15) is 4.98 Å². The van der Waals surface area contributed by atoms with E-state index in [2.05, 4.69) is 10.1 Å². The molecule has 5 rings (SSSR count). The van der Waals surface area contributed by atoms with Crippen LogP contribution in [0.1, 0.15) is 19.4 Å². The maximum absolute atomic E-state index is 15.3. The number of carbonyl (C=O) groups excluding carboxylic acids is 1. The summed E-state index contributed by atoms with van der Waals surface area (Å²) in [7, 11) is -4.07. The van der Waals surface area contributed by atoms with Gasteiger partial charge in [-0.1, -0.05) is 28.9 Å². The van der Waals surface area contributed by atoms with E-state index in [1.165, 1.54) is 11.0 Å². The van der Waals surface area contributed by atoms with Crippen LogP contribution in [0.25, 0.3) is 11.4 Å². The van der Waals surface area contributed by atoms with Crippen molar-refractivity contribution in [2.75, 3.05) is 35.2 Å². The van der Waals surface area contributed by atoms with E-state index in [9.17, 15) is 13.2 Å². The van der Waals surface area contributed by atoms with Crippen LogP contribution >= 0.6 is 11.6 Å². The Labute approximate surface area is 218 Å². The largest absolute Gasteiger partial charge is 0.372 e. The summed E-state index contributed by atoms with van der Waals surface area (Å²) in [6, 6.07) is 7.73. The van der Waals surface area contributed by atoms with Gasteiger partial charge < -0.3 is 24.8 Å². The van der Waals surface area contributed by atoms with Crippen molar-refractivity contribution < 1.29 is 26.9 Å². The molecule has 2 aromatic carbocycles. The van der Waals surface area contributed by atoms with Crippen molar-refractivity contribution in [3.05, 3.63) is 52.8 Å². The van der Waals surface area contributed by atoms with Gasteiger partial charge in [-0.15, -0.1) is 0 Å². The van der Waals surface area contributed by atoms with Gasteiger partial charge in [-0.3, -0.25) is 4.79 Å². The van der Waals surface area contributed by atoms with Crippen molar-refractivity contribution in [2.24, 2.45) is 5.73 Å². The summed E-state index contributed by atoms with van der Waals surface area (Å²) in [6.07, 6.45) is 0. The maximum atomic E-state index is 15.3. The van der Waals surface area contributed by atoms with E-state index in [4.69, 9.17) is 26.6 Å². The molecule has 0 bridgehead atoms. The normalized spacial score (nSPS) is 21.0. The Balaban J connectivity index is 1.58. The Kier molecular flexibility index (Phi) is 6.47. The number of morpholine rings is 1. The van der Waals surface area contributed by atoms with E-state index in [1.54, 1.807) is 24.3 Å². The van der Waals surface area contributed by atoms with Crippen LogP contribution in [-0.4, -0.2) is 61.6 Å². The minimum Gasteiger partial charge on any atom is -0.372 e. The van der Waals surface area contributed by atoms with Gasteiger partial charge in [0.1, 0.15) is 5.82 Å². The molecule has 0 spiro atoms. The monoisotopic (exact) mass is 549 g/mol. The van der Waals surface area contributed by atoms with E-state index in [0.717, 1.165) is 6.07 Å². The first-order valence-electron chi connectivity index (χ1n) is 11.5. The van der Waals surface area contributed by atoms with Crippen LogP contribution < -0.4 is 15.5 Å². The molecule has 3 heterocycles. The lowest BCUT2D eigenvalue weighted by atomic mass is 10.1. The third-order valence-corrected chi connectivity index (χ3v) is 8.31. The van der Waals surface area contributed by atoms with Gasteiger partial charge in [0.15, 0.2) is 9.84 Å². The van der Waals surface area contributed by atoms with Crippen molar-refractivity contribution in [1.82, 2.24) is 10.1 Å². The Hall–Kier alpha value is -3.06. The molecule has 1 atom stereocenters. The first-order chi connectivity index (χ1) is 17.4. The summed E-state index contributed by atoms with van der Waals surface area (Å²) in [5.41, 5.74) is 6.08. The molecule has 0 aliphatic carbocycles. The molecule has 10 nitrogen and oxygen atoms in total. The van der Waals surface area contributed by atoms with Crippen LogP contribution in [-0.2, 0) is 25.9 Å². The van der Waals surface area contributed by atoms with E-state index in [1.807, 2.05) is 18.7 Å². The molecule has 2 N–H and O–H groups in total. The molecule has 2 aliphatic heterocycles. The summed E-state index contributed by atoms with van der Waals surface area (Å²) >= 11 is 5.98. The van der Waals surface area contributed by atoms with Crippen LogP contribution in [0.3, 0.4) is 0 Å². The molecule has 1 saturated heterocycles. The Morgan fingerprint density at radius 2 is 1.97 bits per heavy atom. The van der Waals surface area contributed by atoms with Crippen molar-refractivity contribution in [3.8, 4) is 11.4 Å². The standard InChI is InChI=1S/C24H25ClFN5O5S/c1-24(2)13-30(7-8-35-24)23-28-21(29-36-23)16-9-19-20(10-17(16)26)37(33,34)12-18(27)22(32)31(19)11-14-3-5-15(25)6-4-14/h3-6,9-10,18H,7-8,11-13,27H2,1-2H3/t18-/m0/s1. The number of sulfone groups is 1. The highest BCUT2D eigenvalue weighted by Gasteiger charge is 2.38. The van der Waals surface area contributed by atoms with Gasteiger partial charge in [0, 0.05) is 11.6 Å². The summed E-state index contributed by atoms with van der Waals surface area (Å²) in [4.78, 5) is 20.3. The van der Waals surface area contributed by atoms with Crippen LogP contribution in [0.4, 0.5) is 16.1 Å².